The Labute approximate surface area is 119 Å². The summed E-state index contributed by atoms with van der Waals surface area (Å²) in [5.41, 5.74) is 1.94. The largest absolute Gasteiger partial charge is 0.393 e. The zero-order valence-corrected chi connectivity index (χ0v) is 11.9. The molecule has 2 aliphatic rings. The second kappa shape index (κ2) is 5.54. The monoisotopic (exact) mass is 274 g/mol. The van der Waals surface area contributed by atoms with Gasteiger partial charge in [0.1, 0.15) is 0 Å². The first-order valence-corrected chi connectivity index (χ1v) is 7.43. The molecule has 2 aliphatic heterocycles. The van der Waals surface area contributed by atoms with Crippen LogP contribution in [0.5, 0.6) is 0 Å². The molecule has 2 fully saturated rings. The molecular weight excluding hydrogens is 252 g/mol. The lowest BCUT2D eigenvalue weighted by molar-refractivity contribution is 0.0287. The van der Waals surface area contributed by atoms with E-state index in [0.29, 0.717) is 0 Å². The smallest absolute Gasteiger partial charge is 0.254 e. The molecule has 0 aliphatic carbocycles. The highest BCUT2D eigenvalue weighted by Crippen LogP contribution is 2.36. The molecule has 2 N–H and O–H groups in total. The fraction of sp³-hybridized carbons (Fsp3) is 0.562. The Morgan fingerprint density at radius 3 is 2.40 bits per heavy atom. The first kappa shape index (κ1) is 13.6. The van der Waals surface area contributed by atoms with E-state index in [1.54, 1.807) is 0 Å². The van der Waals surface area contributed by atoms with Gasteiger partial charge in [0.05, 0.1) is 6.10 Å². The molecule has 0 spiro atoms. The minimum absolute atomic E-state index is 0.125. The number of aliphatic hydroxyl groups is 1. The van der Waals surface area contributed by atoms with Crippen molar-refractivity contribution in [1.29, 1.82) is 0 Å². The maximum absolute atomic E-state index is 12.7. The van der Waals surface area contributed by atoms with Crippen molar-refractivity contribution in [1.82, 2.24) is 10.2 Å². The maximum atomic E-state index is 12.7. The van der Waals surface area contributed by atoms with Gasteiger partial charge in [-0.1, -0.05) is 12.1 Å². The van der Waals surface area contributed by atoms with Crippen LogP contribution in [0.15, 0.2) is 24.3 Å². The molecule has 2 saturated heterocycles. The van der Waals surface area contributed by atoms with Gasteiger partial charge in [-0.05, 0) is 50.4 Å². The number of hydrogen-bond acceptors (Lipinski definition) is 3. The van der Waals surface area contributed by atoms with E-state index in [0.717, 1.165) is 37.8 Å². The quantitative estimate of drug-likeness (QED) is 0.879. The van der Waals surface area contributed by atoms with Crippen LogP contribution in [0.25, 0.3) is 0 Å². The van der Waals surface area contributed by atoms with Gasteiger partial charge in [0.25, 0.3) is 5.91 Å². The molecule has 1 aromatic rings. The van der Waals surface area contributed by atoms with E-state index >= 15 is 0 Å². The molecule has 0 aromatic heterocycles. The lowest BCUT2D eigenvalue weighted by Crippen LogP contribution is -2.48. The molecule has 4 heteroatoms. The molecule has 1 aromatic carbocycles. The number of aliphatic hydroxyl groups excluding tert-OH is 1. The number of carbonyl (C=O) groups excluding carboxylic acids is 1. The summed E-state index contributed by atoms with van der Waals surface area (Å²) in [7, 11) is 1.91. The van der Waals surface area contributed by atoms with Crippen molar-refractivity contribution in [3.63, 3.8) is 0 Å². The summed E-state index contributed by atoms with van der Waals surface area (Å²) in [5.74, 6) is 0.125. The van der Waals surface area contributed by atoms with Crippen LogP contribution in [-0.4, -0.2) is 41.1 Å². The van der Waals surface area contributed by atoms with Crippen LogP contribution in [0.3, 0.4) is 0 Å². The van der Waals surface area contributed by atoms with E-state index in [9.17, 15) is 9.90 Å². The Morgan fingerprint density at radius 2 is 1.85 bits per heavy atom. The highest BCUT2D eigenvalue weighted by atomic mass is 16.3. The second-order valence-corrected chi connectivity index (χ2v) is 5.95. The number of fused-ring (bicyclic) bond motifs is 2. The normalized spacial score (nSPS) is 28.7. The molecule has 20 heavy (non-hydrogen) atoms. The van der Waals surface area contributed by atoms with E-state index in [2.05, 4.69) is 5.32 Å². The van der Waals surface area contributed by atoms with Gasteiger partial charge in [-0.2, -0.15) is 0 Å². The summed E-state index contributed by atoms with van der Waals surface area (Å²) in [6.07, 6.45) is 3.31. The summed E-state index contributed by atoms with van der Waals surface area (Å²) in [6.45, 7) is 0.815. The minimum atomic E-state index is -0.227. The average molecular weight is 274 g/mol. The molecule has 3 rings (SSSR count). The Morgan fingerprint density at radius 1 is 1.25 bits per heavy atom. The number of benzene rings is 1. The number of nitrogens with one attached hydrogen (secondary N) is 1. The molecule has 2 unspecified atom stereocenters. The molecule has 2 heterocycles. The van der Waals surface area contributed by atoms with Crippen molar-refractivity contribution in [3.8, 4) is 0 Å². The van der Waals surface area contributed by atoms with Crippen molar-refractivity contribution < 1.29 is 9.90 Å². The summed E-state index contributed by atoms with van der Waals surface area (Å²) in [4.78, 5) is 14.7. The van der Waals surface area contributed by atoms with Crippen LogP contribution < -0.4 is 5.32 Å². The van der Waals surface area contributed by atoms with Crippen molar-refractivity contribution in [2.45, 2.75) is 50.4 Å². The highest BCUT2D eigenvalue weighted by molar-refractivity contribution is 5.95. The standard InChI is InChI=1S/C16H22N2O2/c1-17-10-11-2-4-12(5-3-11)16(20)18-13-6-7-14(18)9-15(19)8-13/h2-5,13-15,17,19H,6-10H2,1H3. The predicted molar refractivity (Wildman–Crippen MR) is 77.4 cm³/mol. The topological polar surface area (TPSA) is 52.6 Å². The van der Waals surface area contributed by atoms with Crippen molar-refractivity contribution in [2.75, 3.05) is 7.05 Å². The summed E-state index contributed by atoms with van der Waals surface area (Å²) < 4.78 is 0. The van der Waals surface area contributed by atoms with E-state index in [1.807, 2.05) is 36.2 Å². The van der Waals surface area contributed by atoms with Crippen LogP contribution in [0, 0.1) is 0 Å². The maximum Gasteiger partial charge on any atom is 0.254 e. The first-order valence-electron chi connectivity index (χ1n) is 7.43. The minimum Gasteiger partial charge on any atom is -0.393 e. The third-order valence-electron chi connectivity index (χ3n) is 4.52. The van der Waals surface area contributed by atoms with Gasteiger partial charge >= 0.3 is 0 Å². The lowest BCUT2D eigenvalue weighted by atomic mass is 9.98. The van der Waals surface area contributed by atoms with Gasteiger partial charge in [-0.3, -0.25) is 4.79 Å². The van der Waals surface area contributed by atoms with Crippen molar-refractivity contribution >= 4 is 5.91 Å². The van der Waals surface area contributed by atoms with Crippen molar-refractivity contribution in [2.24, 2.45) is 0 Å². The van der Waals surface area contributed by atoms with Crippen LogP contribution in [0.2, 0.25) is 0 Å². The Hall–Kier alpha value is -1.39. The third kappa shape index (κ3) is 2.45. The zero-order valence-electron chi connectivity index (χ0n) is 11.9. The second-order valence-electron chi connectivity index (χ2n) is 5.95. The number of piperidine rings is 1. The van der Waals surface area contributed by atoms with Crippen LogP contribution in [0.4, 0.5) is 0 Å². The average Bonchev–Trinajstić information content (AvgIpc) is 2.71. The fourth-order valence-corrected chi connectivity index (χ4v) is 3.60. The first-order chi connectivity index (χ1) is 9.69. The number of hydrogen-bond donors (Lipinski definition) is 2. The number of rotatable bonds is 3. The molecular formula is C16H22N2O2. The van der Waals surface area contributed by atoms with Gasteiger partial charge in [0.2, 0.25) is 0 Å². The van der Waals surface area contributed by atoms with Gasteiger partial charge in [0.15, 0.2) is 0 Å². The fourth-order valence-electron chi connectivity index (χ4n) is 3.60. The highest BCUT2D eigenvalue weighted by Gasteiger charge is 2.42. The summed E-state index contributed by atoms with van der Waals surface area (Å²) in [6, 6.07) is 8.30. The number of amides is 1. The van der Waals surface area contributed by atoms with Crippen LogP contribution in [-0.2, 0) is 6.54 Å². The van der Waals surface area contributed by atoms with E-state index < -0.39 is 0 Å². The molecule has 0 radical (unpaired) electrons. The van der Waals surface area contributed by atoms with Gasteiger partial charge in [-0.25, -0.2) is 0 Å². The van der Waals surface area contributed by atoms with Crippen molar-refractivity contribution in [3.05, 3.63) is 35.4 Å². The van der Waals surface area contributed by atoms with Gasteiger partial charge in [0, 0.05) is 24.2 Å². The third-order valence-corrected chi connectivity index (χ3v) is 4.52. The zero-order chi connectivity index (χ0) is 14.1. The molecule has 108 valence electrons. The molecule has 4 nitrogen and oxygen atoms in total. The Bertz CT molecular complexity index is 472. The van der Waals surface area contributed by atoms with Gasteiger partial charge in [-0.15, -0.1) is 0 Å². The Kier molecular flexibility index (Phi) is 3.76. The predicted octanol–water partition coefficient (Wildman–Crippen LogP) is 1.53. The SMILES string of the molecule is CNCc1ccc(C(=O)N2C3CCC2CC(O)C3)cc1. The lowest BCUT2D eigenvalue weighted by Gasteiger charge is -2.37. The van der Waals surface area contributed by atoms with Crippen LogP contribution >= 0.6 is 0 Å². The summed E-state index contributed by atoms with van der Waals surface area (Å²) in [5, 5.41) is 12.9. The van der Waals surface area contributed by atoms with Gasteiger partial charge < -0.3 is 15.3 Å². The summed E-state index contributed by atoms with van der Waals surface area (Å²) >= 11 is 0. The number of nitrogens with zero attached hydrogens (tertiary/aromatic N) is 1. The van der Waals surface area contributed by atoms with Crippen LogP contribution in [0.1, 0.15) is 41.6 Å². The Balaban J connectivity index is 1.76. The molecule has 2 atom stereocenters. The molecule has 2 bridgehead atoms. The molecule has 1 amide bonds. The molecule has 0 saturated carbocycles. The van der Waals surface area contributed by atoms with E-state index in [4.69, 9.17) is 0 Å². The number of carbonyl (C=O) groups is 1. The van der Waals surface area contributed by atoms with E-state index in [1.165, 1.54) is 5.56 Å². The van der Waals surface area contributed by atoms with E-state index in [-0.39, 0.29) is 24.1 Å².